The predicted molar refractivity (Wildman–Crippen MR) is 84.1 cm³/mol. The van der Waals surface area contributed by atoms with Crippen molar-refractivity contribution in [1.82, 2.24) is 9.62 Å². The van der Waals surface area contributed by atoms with Crippen LogP contribution in [0, 0.1) is 5.41 Å². The van der Waals surface area contributed by atoms with Crippen molar-refractivity contribution in [3.63, 3.8) is 0 Å². The molecule has 3 nitrogen and oxygen atoms in total. The highest BCUT2D eigenvalue weighted by Crippen LogP contribution is 2.21. The van der Waals surface area contributed by atoms with E-state index in [0.29, 0.717) is 6.04 Å². The molecule has 0 amide bonds. The first-order valence-electron chi connectivity index (χ1n) is 6.70. The highest BCUT2D eigenvalue weighted by atomic mass is 32.2. The summed E-state index contributed by atoms with van der Waals surface area (Å²) in [6.45, 7) is 7.34. The van der Waals surface area contributed by atoms with Crippen molar-refractivity contribution >= 4 is 11.0 Å². The topological polar surface area (TPSA) is 32.3 Å². The predicted octanol–water partition coefficient (Wildman–Crippen LogP) is 2.62. The van der Waals surface area contributed by atoms with Gasteiger partial charge < -0.3 is 5.32 Å². The van der Waals surface area contributed by atoms with Crippen LogP contribution in [0.15, 0.2) is 35.3 Å². The first-order chi connectivity index (χ1) is 8.86. The molecule has 2 atom stereocenters. The molecule has 2 unspecified atom stereocenters. The summed E-state index contributed by atoms with van der Waals surface area (Å²) in [4.78, 5) is 0.885. The Balaban J connectivity index is 2.70. The first-order valence-corrected chi connectivity index (χ1v) is 7.80. The summed E-state index contributed by atoms with van der Waals surface area (Å²) in [6.07, 6.45) is 10.8. The molecule has 1 rings (SSSR count). The Hall–Kier alpha value is -0.710. The normalized spacial score (nSPS) is 19.2. The van der Waals surface area contributed by atoms with Crippen molar-refractivity contribution < 1.29 is 4.21 Å². The summed E-state index contributed by atoms with van der Waals surface area (Å²) in [5.41, 5.74) is 0.141. The molecule has 0 saturated heterocycles. The molecule has 4 heteroatoms. The summed E-state index contributed by atoms with van der Waals surface area (Å²) in [7, 11) is 2.78. The lowest BCUT2D eigenvalue weighted by atomic mass is 9.87. The zero-order valence-electron chi connectivity index (χ0n) is 12.6. The summed E-state index contributed by atoms with van der Waals surface area (Å²) < 4.78 is 14.4. The molecular formula is C15H26N2OS. The van der Waals surface area contributed by atoms with Gasteiger partial charge in [0.25, 0.3) is 0 Å². The molecule has 0 aromatic carbocycles. The Morgan fingerprint density at radius 2 is 2.11 bits per heavy atom. The van der Waals surface area contributed by atoms with Gasteiger partial charge in [0.1, 0.15) is 11.0 Å². The molecular weight excluding hydrogens is 256 g/mol. The van der Waals surface area contributed by atoms with Crippen molar-refractivity contribution in [3.8, 4) is 0 Å². The molecule has 19 heavy (non-hydrogen) atoms. The number of likely N-dealkylation sites (N-methyl/N-ethyl adjacent to an activating group) is 2. The Kier molecular flexibility index (Phi) is 6.17. The summed E-state index contributed by atoms with van der Waals surface area (Å²) >= 11 is 0. The van der Waals surface area contributed by atoms with Gasteiger partial charge >= 0.3 is 0 Å². The van der Waals surface area contributed by atoms with Crippen molar-refractivity contribution in [2.45, 2.75) is 33.2 Å². The third kappa shape index (κ3) is 5.05. The number of nitrogens with one attached hydrogen (secondary N) is 1. The van der Waals surface area contributed by atoms with Crippen LogP contribution < -0.4 is 5.32 Å². The molecule has 108 valence electrons. The standard InChI is InChI=1S/C15H26N2OS/c1-15(2,3)14(16-4)12-17(5)19(18)13-10-8-6-7-9-11-13/h6-8,10-11,14,16H,9,12H2,1-5H3. The number of hydrogen-bond acceptors (Lipinski definition) is 2. The summed E-state index contributed by atoms with van der Waals surface area (Å²) in [5.74, 6) is 0. The summed E-state index contributed by atoms with van der Waals surface area (Å²) in [6, 6.07) is 0.301. The van der Waals surface area contributed by atoms with Gasteiger partial charge in [0, 0.05) is 19.6 Å². The van der Waals surface area contributed by atoms with Crippen molar-refractivity contribution in [1.29, 1.82) is 0 Å². The third-order valence-corrected chi connectivity index (χ3v) is 4.70. The minimum absolute atomic E-state index is 0.141. The van der Waals surface area contributed by atoms with Gasteiger partial charge in [0.2, 0.25) is 0 Å². The maximum atomic E-state index is 12.5. The monoisotopic (exact) mass is 282 g/mol. The smallest absolute Gasteiger partial charge is 0.127 e. The maximum Gasteiger partial charge on any atom is 0.127 e. The number of rotatable bonds is 5. The highest BCUT2D eigenvalue weighted by molar-refractivity contribution is 7.86. The van der Waals surface area contributed by atoms with Gasteiger partial charge in [-0.3, -0.25) is 0 Å². The lowest BCUT2D eigenvalue weighted by Crippen LogP contribution is -2.46. The number of hydrogen-bond donors (Lipinski definition) is 1. The Labute approximate surface area is 120 Å². The molecule has 0 heterocycles. The van der Waals surface area contributed by atoms with Gasteiger partial charge in [0.05, 0.1) is 4.91 Å². The largest absolute Gasteiger partial charge is 0.315 e. The molecule has 0 saturated carbocycles. The highest BCUT2D eigenvalue weighted by Gasteiger charge is 2.26. The fourth-order valence-electron chi connectivity index (χ4n) is 1.99. The van der Waals surface area contributed by atoms with E-state index in [4.69, 9.17) is 0 Å². The van der Waals surface area contributed by atoms with E-state index < -0.39 is 11.0 Å². The molecule has 0 aromatic heterocycles. The summed E-state index contributed by atoms with van der Waals surface area (Å²) in [5, 5.41) is 3.32. The van der Waals surface area contributed by atoms with Gasteiger partial charge in [-0.25, -0.2) is 8.51 Å². The van der Waals surface area contributed by atoms with Crippen molar-refractivity contribution in [3.05, 3.63) is 35.3 Å². The quantitative estimate of drug-likeness (QED) is 0.840. The fourth-order valence-corrected chi connectivity index (χ4v) is 3.07. The van der Waals surface area contributed by atoms with Crippen LogP contribution in [0.5, 0.6) is 0 Å². The number of allylic oxidation sites excluding steroid dienone is 5. The van der Waals surface area contributed by atoms with E-state index in [2.05, 4.69) is 32.2 Å². The molecule has 0 aliphatic heterocycles. The zero-order valence-corrected chi connectivity index (χ0v) is 13.5. The van der Waals surface area contributed by atoms with Crippen LogP contribution >= 0.6 is 0 Å². The second kappa shape index (κ2) is 7.17. The second-order valence-electron chi connectivity index (χ2n) is 5.90. The SMILES string of the molecule is CNC(CN(C)S(=O)C1=CCC=CC=C1)C(C)(C)C. The van der Waals surface area contributed by atoms with Crippen LogP contribution in [0.4, 0.5) is 0 Å². The average Bonchev–Trinajstić information content (AvgIpc) is 2.61. The zero-order chi connectivity index (χ0) is 14.5. The van der Waals surface area contributed by atoms with E-state index >= 15 is 0 Å². The second-order valence-corrected chi connectivity index (χ2v) is 7.49. The number of nitrogens with zero attached hydrogens (tertiary/aromatic N) is 1. The van der Waals surface area contributed by atoms with Gasteiger partial charge in [0.15, 0.2) is 0 Å². The minimum atomic E-state index is -1.09. The van der Waals surface area contributed by atoms with Crippen molar-refractivity contribution in [2.24, 2.45) is 5.41 Å². The molecule has 0 spiro atoms. The lowest BCUT2D eigenvalue weighted by molar-refractivity contribution is 0.250. The maximum absolute atomic E-state index is 12.5. The third-order valence-electron chi connectivity index (χ3n) is 3.28. The van der Waals surface area contributed by atoms with Crippen molar-refractivity contribution in [2.75, 3.05) is 20.6 Å². The Morgan fingerprint density at radius 1 is 1.42 bits per heavy atom. The lowest BCUT2D eigenvalue weighted by Gasteiger charge is -2.33. The Morgan fingerprint density at radius 3 is 2.68 bits per heavy atom. The molecule has 0 aromatic rings. The fraction of sp³-hybridized carbons (Fsp3) is 0.600. The van der Waals surface area contributed by atoms with Gasteiger partial charge in [-0.2, -0.15) is 0 Å². The van der Waals surface area contributed by atoms with Crippen LogP contribution in [-0.4, -0.2) is 35.2 Å². The molecule has 1 N–H and O–H groups in total. The van der Waals surface area contributed by atoms with E-state index in [1.165, 1.54) is 0 Å². The van der Waals surface area contributed by atoms with E-state index in [1.54, 1.807) is 0 Å². The molecule has 0 radical (unpaired) electrons. The van der Waals surface area contributed by atoms with Crippen LogP contribution in [0.25, 0.3) is 0 Å². The van der Waals surface area contributed by atoms with Crippen LogP contribution in [0.2, 0.25) is 0 Å². The van der Waals surface area contributed by atoms with Gasteiger partial charge in [-0.05, 0) is 25.0 Å². The van der Waals surface area contributed by atoms with Gasteiger partial charge in [-0.1, -0.05) is 45.1 Å². The van der Waals surface area contributed by atoms with Crippen LogP contribution in [0.1, 0.15) is 27.2 Å². The van der Waals surface area contributed by atoms with Crippen LogP contribution in [-0.2, 0) is 11.0 Å². The van der Waals surface area contributed by atoms with Gasteiger partial charge in [-0.15, -0.1) is 0 Å². The molecule has 1 aliphatic rings. The molecule has 0 bridgehead atoms. The molecule has 0 fully saturated rings. The van der Waals surface area contributed by atoms with E-state index in [9.17, 15) is 4.21 Å². The minimum Gasteiger partial charge on any atom is -0.315 e. The molecule has 1 aliphatic carbocycles. The van der Waals surface area contributed by atoms with E-state index in [1.807, 2.05) is 42.7 Å². The average molecular weight is 282 g/mol. The Bertz CT molecular complexity index is 405. The first kappa shape index (κ1) is 16.3. The van der Waals surface area contributed by atoms with E-state index in [-0.39, 0.29) is 5.41 Å². The van der Waals surface area contributed by atoms with E-state index in [0.717, 1.165) is 17.9 Å². The van der Waals surface area contributed by atoms with Crippen LogP contribution in [0.3, 0.4) is 0 Å².